The van der Waals surface area contributed by atoms with Gasteiger partial charge in [0.25, 0.3) is 6.71 Å². The highest BCUT2D eigenvalue weighted by Crippen LogP contribution is 2.49. The van der Waals surface area contributed by atoms with Crippen LogP contribution in [-0.2, 0) is 0 Å². The van der Waals surface area contributed by atoms with Crippen LogP contribution in [0.1, 0.15) is 0 Å². The average molecular weight is 1410 g/mol. The number of fused-ring (bicyclic) bond motifs is 10. The molecule has 17 aromatic carbocycles. The Morgan fingerprint density at radius 1 is 0.198 bits per heavy atom. The maximum absolute atomic E-state index is 6.05. The largest absolute Gasteiger partial charge is 0.310 e. The van der Waals surface area contributed by atoms with Gasteiger partial charge in [0.2, 0.25) is 0 Å². The number of benzene rings is 17. The SMILES string of the molecule is c1ccc(-c2cc(-c3ccccc3)cc(-c3cc(-c4cc5c6c(c4)-n4c7cc(-c8ccccc8)cc(-c8ccccc8)c7c7cc(-c8ccccc8)cc(c74)B6c4cc(-c6ccccc6)cc6c7c(-c8ccccc8)cc(-c8ccccc8)cc7n-5c46)nc(-c4cc(-c5ccccc5)cc(-c5ccccc5)c4)n3)c2)cc1. The van der Waals surface area contributed by atoms with E-state index in [4.69, 9.17) is 9.97 Å². The Bertz CT molecular complexity index is 6520. The molecule has 0 fully saturated rings. The average Bonchev–Trinajstić information content (AvgIpc) is 1.53. The van der Waals surface area contributed by atoms with Gasteiger partial charge in [0, 0.05) is 60.6 Å². The molecule has 22 rings (SSSR count). The van der Waals surface area contributed by atoms with Crippen LogP contribution in [0.4, 0.5) is 0 Å². The van der Waals surface area contributed by atoms with Crippen molar-refractivity contribution in [1.82, 2.24) is 19.1 Å². The summed E-state index contributed by atoms with van der Waals surface area (Å²) in [6.45, 7) is -0.261. The van der Waals surface area contributed by atoms with E-state index in [1.165, 1.54) is 82.3 Å². The number of nitrogens with zero attached hydrogens (tertiary/aromatic N) is 4. The first-order valence-electron chi connectivity index (χ1n) is 38.3. The van der Waals surface area contributed by atoms with Crippen LogP contribution in [0.15, 0.2) is 406 Å². The Hall–Kier alpha value is -14.5. The van der Waals surface area contributed by atoms with Crippen LogP contribution in [0.3, 0.4) is 0 Å². The van der Waals surface area contributed by atoms with E-state index in [0.717, 1.165) is 128 Å². The van der Waals surface area contributed by atoms with Crippen molar-refractivity contribution in [2.75, 3.05) is 0 Å². The molecule has 0 bridgehead atoms. The van der Waals surface area contributed by atoms with Crippen LogP contribution in [0, 0.1) is 0 Å². The van der Waals surface area contributed by atoms with Crippen molar-refractivity contribution in [3.8, 4) is 157 Å². The van der Waals surface area contributed by atoms with Crippen LogP contribution in [0.5, 0.6) is 0 Å². The first-order chi connectivity index (χ1) is 55.0. The van der Waals surface area contributed by atoms with Gasteiger partial charge in [0.05, 0.1) is 22.4 Å². The number of rotatable bonds is 13. The zero-order valence-corrected chi connectivity index (χ0v) is 60.5. The maximum Gasteiger partial charge on any atom is 0.252 e. The third kappa shape index (κ3) is 10.8. The third-order valence-electron chi connectivity index (χ3n) is 23.0. The first-order valence-corrected chi connectivity index (χ1v) is 38.3. The summed E-state index contributed by atoms with van der Waals surface area (Å²) in [7, 11) is 0. The monoisotopic (exact) mass is 1410 g/mol. The topological polar surface area (TPSA) is 35.6 Å². The minimum Gasteiger partial charge on any atom is -0.310 e. The Kier molecular flexibility index (Phi) is 15.0. The van der Waals surface area contributed by atoms with Gasteiger partial charge in [-0.1, -0.05) is 315 Å². The molecule has 111 heavy (non-hydrogen) atoms. The summed E-state index contributed by atoms with van der Waals surface area (Å²) < 4.78 is 5.33. The smallest absolute Gasteiger partial charge is 0.252 e. The van der Waals surface area contributed by atoms with Gasteiger partial charge in [0.1, 0.15) is 0 Å². The highest BCUT2D eigenvalue weighted by atomic mass is 15.0. The molecular weight excluding hydrogens is 1340 g/mol. The predicted molar refractivity (Wildman–Crippen MR) is 466 cm³/mol. The van der Waals surface area contributed by atoms with E-state index in [9.17, 15) is 0 Å². The molecule has 3 aromatic heterocycles. The molecule has 0 saturated carbocycles. The van der Waals surface area contributed by atoms with Crippen LogP contribution in [-0.4, -0.2) is 25.8 Å². The van der Waals surface area contributed by atoms with E-state index >= 15 is 0 Å². The van der Waals surface area contributed by atoms with E-state index in [1.54, 1.807) is 0 Å². The molecule has 0 atom stereocenters. The lowest BCUT2D eigenvalue weighted by Gasteiger charge is -2.34. The fraction of sp³-hybridized carbons (Fsp3) is 0. The fourth-order valence-corrected chi connectivity index (χ4v) is 17.9. The lowest BCUT2D eigenvalue weighted by Crippen LogP contribution is -2.59. The highest BCUT2D eigenvalue weighted by molar-refractivity contribution is 7.00. The minimum atomic E-state index is -0.261. The van der Waals surface area contributed by atoms with E-state index in [-0.39, 0.29) is 6.71 Å². The van der Waals surface area contributed by atoms with Crippen molar-refractivity contribution < 1.29 is 0 Å². The highest BCUT2D eigenvalue weighted by Gasteiger charge is 2.43. The Morgan fingerprint density at radius 2 is 0.450 bits per heavy atom. The maximum atomic E-state index is 6.05. The number of hydrogen-bond acceptors (Lipinski definition) is 2. The number of aromatic nitrogens is 4. The molecule has 0 N–H and O–H groups in total. The molecule has 5 heteroatoms. The molecule has 0 amide bonds. The zero-order chi connectivity index (χ0) is 73.0. The van der Waals surface area contributed by atoms with Crippen molar-refractivity contribution in [2.45, 2.75) is 0 Å². The molecule has 0 radical (unpaired) electrons. The van der Waals surface area contributed by atoms with Gasteiger partial charge in [-0.3, -0.25) is 0 Å². The van der Waals surface area contributed by atoms with E-state index in [2.05, 4.69) is 416 Å². The summed E-state index contributed by atoms with van der Waals surface area (Å²) in [6.07, 6.45) is 0. The fourth-order valence-electron chi connectivity index (χ4n) is 17.9. The van der Waals surface area contributed by atoms with E-state index in [1.807, 2.05) is 0 Å². The Labute approximate surface area is 644 Å². The lowest BCUT2D eigenvalue weighted by atomic mass is 9.34. The van der Waals surface area contributed by atoms with E-state index in [0.29, 0.717) is 5.82 Å². The zero-order valence-electron chi connectivity index (χ0n) is 60.5. The van der Waals surface area contributed by atoms with Crippen LogP contribution >= 0.6 is 0 Å². The number of hydrogen-bond donors (Lipinski definition) is 0. The molecule has 2 aliphatic heterocycles. The van der Waals surface area contributed by atoms with Gasteiger partial charge < -0.3 is 9.13 Å². The second kappa shape index (κ2) is 26.2. The normalized spacial score (nSPS) is 11.9. The summed E-state index contributed by atoms with van der Waals surface area (Å²) >= 11 is 0. The second-order valence-electron chi connectivity index (χ2n) is 29.5. The molecule has 4 nitrogen and oxygen atoms in total. The van der Waals surface area contributed by atoms with Crippen LogP contribution in [0.2, 0.25) is 0 Å². The summed E-state index contributed by atoms with van der Waals surface area (Å²) in [5.41, 5.74) is 37.7. The van der Waals surface area contributed by atoms with Crippen molar-refractivity contribution in [1.29, 1.82) is 0 Å². The molecule has 514 valence electrons. The minimum absolute atomic E-state index is 0.261. The summed E-state index contributed by atoms with van der Waals surface area (Å²) in [5.74, 6) is 0.619. The quantitative estimate of drug-likeness (QED) is 0.108. The molecule has 20 aromatic rings. The van der Waals surface area contributed by atoms with Gasteiger partial charge in [-0.25, -0.2) is 9.97 Å². The summed E-state index contributed by atoms with van der Waals surface area (Å²) in [4.78, 5) is 11.9. The summed E-state index contributed by atoms with van der Waals surface area (Å²) in [5, 5.41) is 4.80. The van der Waals surface area contributed by atoms with Gasteiger partial charge in [-0.05, 0) is 219 Å². The Balaban J connectivity index is 0.922. The molecule has 5 heterocycles. The van der Waals surface area contributed by atoms with Crippen molar-refractivity contribution in [3.63, 3.8) is 0 Å². The molecule has 0 aliphatic carbocycles. The standard InChI is InChI=1S/C106H67BN4/c1-11-31-68(32-12-1)78-51-79(69-33-13-2-14-34-69)54-86(53-78)95-67-96(109-106(108-95)88-55-80(70-35-15-3-16-36-70)52-81(56-88)71-37-17-4-18-38-71)87-65-99-103-100(66-87)111-98-64-85(75-45-25-8-26-46-75)58-90(77-49-29-10-30-50-77)102(98)92-60-83(73-41-21-6-22-42-73)62-94(105(92)111)107(103)93-61-82(72-39-19-5-20-40-72)59-91-101-89(76-47-27-9-28-48-76)57-84(74-43-23-7-24-44-74)63-97(101)110(99)104(91)93/h1-67H. The van der Waals surface area contributed by atoms with Gasteiger partial charge in [-0.15, -0.1) is 0 Å². The van der Waals surface area contributed by atoms with Crippen molar-refractivity contribution in [3.05, 3.63) is 406 Å². The molecule has 0 unspecified atom stereocenters. The molecule has 0 spiro atoms. The Morgan fingerprint density at radius 3 is 0.757 bits per heavy atom. The second-order valence-corrected chi connectivity index (χ2v) is 29.5. The first kappa shape index (κ1) is 63.7. The van der Waals surface area contributed by atoms with Crippen LogP contribution in [0.25, 0.3) is 200 Å². The van der Waals surface area contributed by atoms with E-state index < -0.39 is 0 Å². The molecule has 0 saturated heterocycles. The van der Waals surface area contributed by atoms with Gasteiger partial charge in [-0.2, -0.15) is 0 Å². The molecular formula is C106H67BN4. The van der Waals surface area contributed by atoms with Crippen molar-refractivity contribution >= 4 is 66.7 Å². The predicted octanol–water partition coefficient (Wildman–Crippen LogP) is 25.5. The molecule has 2 aliphatic rings. The summed E-state index contributed by atoms with van der Waals surface area (Å²) in [6, 6.07) is 150. The van der Waals surface area contributed by atoms with Gasteiger partial charge in [0.15, 0.2) is 5.82 Å². The third-order valence-corrected chi connectivity index (χ3v) is 23.0. The van der Waals surface area contributed by atoms with Crippen molar-refractivity contribution in [2.24, 2.45) is 0 Å². The van der Waals surface area contributed by atoms with Crippen LogP contribution < -0.4 is 16.4 Å². The van der Waals surface area contributed by atoms with Gasteiger partial charge >= 0.3 is 0 Å². The lowest BCUT2D eigenvalue weighted by molar-refractivity contribution is 1.14.